The second-order valence-electron chi connectivity index (χ2n) is 4.09. The first-order valence-corrected chi connectivity index (χ1v) is 6.26. The number of halogens is 1. The molecule has 0 aliphatic rings. The maximum Gasteiger partial charge on any atom is 0.337 e. The van der Waals surface area contributed by atoms with Gasteiger partial charge in [-0.15, -0.1) is 0 Å². The summed E-state index contributed by atoms with van der Waals surface area (Å²) in [5.74, 6) is -2.63. The van der Waals surface area contributed by atoms with Crippen molar-refractivity contribution in [1.82, 2.24) is 0 Å². The summed E-state index contributed by atoms with van der Waals surface area (Å²) in [5, 5.41) is 18.7. The topological polar surface area (TPSA) is 87.0 Å². The van der Waals surface area contributed by atoms with Crippen LogP contribution in [-0.4, -0.2) is 28.4 Å². The summed E-state index contributed by atoms with van der Waals surface area (Å²) in [6.07, 6.45) is 1.29. The van der Waals surface area contributed by atoms with Gasteiger partial charge in [0.25, 0.3) is 0 Å². The summed E-state index contributed by atoms with van der Waals surface area (Å²) in [4.78, 5) is 26.5. The number of nitrogens with zero attached hydrogens (tertiary/aromatic N) is 1. The number of carbonyl (C=O) groups is 2. The van der Waals surface area contributed by atoms with Crippen LogP contribution in [0.4, 0.5) is 5.69 Å². The van der Waals surface area contributed by atoms with Crippen molar-refractivity contribution in [3.05, 3.63) is 64.2 Å². The summed E-state index contributed by atoms with van der Waals surface area (Å²) in [5.41, 5.74) is 0.0740. The zero-order chi connectivity index (χ0) is 15.4. The van der Waals surface area contributed by atoms with Crippen LogP contribution in [0.3, 0.4) is 0 Å². The molecule has 6 heteroatoms. The molecule has 2 rings (SSSR count). The molecule has 0 atom stereocenters. The van der Waals surface area contributed by atoms with E-state index in [-0.39, 0.29) is 16.7 Å². The van der Waals surface area contributed by atoms with Gasteiger partial charge in [-0.25, -0.2) is 9.59 Å². The number of aliphatic imine (C=N–C) groups is 1. The molecule has 0 heterocycles. The average molecular weight is 304 g/mol. The minimum Gasteiger partial charge on any atom is -0.478 e. The predicted octanol–water partition coefficient (Wildman–Crippen LogP) is 3.49. The van der Waals surface area contributed by atoms with Gasteiger partial charge >= 0.3 is 11.9 Å². The monoisotopic (exact) mass is 303 g/mol. The number of aromatic carboxylic acids is 2. The van der Waals surface area contributed by atoms with Gasteiger partial charge in [0, 0.05) is 11.8 Å². The number of carboxylic acid groups (broad SMARTS) is 2. The Kier molecular flexibility index (Phi) is 4.35. The minimum absolute atomic E-state index is 0.197. The quantitative estimate of drug-likeness (QED) is 0.846. The molecule has 0 fully saturated rings. The van der Waals surface area contributed by atoms with Crippen LogP contribution in [0.5, 0.6) is 0 Å². The zero-order valence-electron chi connectivity index (χ0n) is 10.7. The molecule has 0 bridgehead atoms. The van der Waals surface area contributed by atoms with Gasteiger partial charge < -0.3 is 10.2 Å². The van der Waals surface area contributed by atoms with E-state index in [0.29, 0.717) is 10.7 Å². The molecule has 2 N–H and O–H groups in total. The molecule has 0 aromatic heterocycles. The SMILES string of the molecule is O=C(O)c1cccc(C=Nc2ccccc2Cl)c1C(=O)O. The molecule has 0 saturated carbocycles. The second kappa shape index (κ2) is 6.19. The molecule has 0 aliphatic carbocycles. The van der Waals surface area contributed by atoms with Crippen molar-refractivity contribution in [1.29, 1.82) is 0 Å². The van der Waals surface area contributed by atoms with E-state index >= 15 is 0 Å². The Balaban J connectivity index is 2.50. The molecule has 0 radical (unpaired) electrons. The number of hydrogen-bond donors (Lipinski definition) is 2. The molecular formula is C15H10ClNO4. The third-order valence-electron chi connectivity index (χ3n) is 2.74. The van der Waals surface area contributed by atoms with E-state index in [2.05, 4.69) is 4.99 Å². The first-order chi connectivity index (χ1) is 10.0. The fraction of sp³-hybridized carbons (Fsp3) is 0. The van der Waals surface area contributed by atoms with Crippen molar-refractivity contribution in [2.24, 2.45) is 4.99 Å². The highest BCUT2D eigenvalue weighted by Crippen LogP contribution is 2.24. The van der Waals surface area contributed by atoms with E-state index in [0.717, 1.165) is 0 Å². The maximum absolute atomic E-state index is 11.3. The molecule has 0 saturated heterocycles. The van der Waals surface area contributed by atoms with Crippen LogP contribution in [0.1, 0.15) is 26.3 Å². The molecule has 0 unspecified atom stereocenters. The van der Waals surface area contributed by atoms with Gasteiger partial charge in [-0.2, -0.15) is 0 Å². The number of para-hydroxylation sites is 1. The first-order valence-electron chi connectivity index (χ1n) is 5.89. The third-order valence-corrected chi connectivity index (χ3v) is 3.06. The summed E-state index contributed by atoms with van der Waals surface area (Å²) < 4.78 is 0. The van der Waals surface area contributed by atoms with E-state index in [9.17, 15) is 14.7 Å². The largest absolute Gasteiger partial charge is 0.478 e. The smallest absolute Gasteiger partial charge is 0.337 e. The molecule has 0 amide bonds. The predicted molar refractivity (Wildman–Crippen MR) is 79.1 cm³/mol. The van der Waals surface area contributed by atoms with Crippen molar-refractivity contribution in [2.45, 2.75) is 0 Å². The lowest BCUT2D eigenvalue weighted by atomic mass is 10.0. The molecular weight excluding hydrogens is 294 g/mol. The summed E-state index contributed by atoms with van der Waals surface area (Å²) in [7, 11) is 0. The second-order valence-corrected chi connectivity index (χ2v) is 4.50. The Morgan fingerprint density at radius 3 is 2.33 bits per heavy atom. The fourth-order valence-electron chi connectivity index (χ4n) is 1.79. The first kappa shape index (κ1) is 14.7. The number of rotatable bonds is 4. The Hall–Kier alpha value is -2.66. The van der Waals surface area contributed by atoms with Crippen molar-refractivity contribution in [3.63, 3.8) is 0 Å². The van der Waals surface area contributed by atoms with E-state index in [4.69, 9.17) is 16.7 Å². The van der Waals surface area contributed by atoms with Crippen molar-refractivity contribution in [2.75, 3.05) is 0 Å². The van der Waals surface area contributed by atoms with Gasteiger partial charge in [0.05, 0.1) is 21.8 Å². The lowest BCUT2D eigenvalue weighted by Crippen LogP contribution is -2.11. The summed E-state index contributed by atoms with van der Waals surface area (Å²) in [6.45, 7) is 0. The lowest BCUT2D eigenvalue weighted by Gasteiger charge is -2.05. The van der Waals surface area contributed by atoms with Crippen LogP contribution < -0.4 is 0 Å². The van der Waals surface area contributed by atoms with Gasteiger partial charge in [-0.05, 0) is 18.2 Å². The minimum atomic E-state index is -1.33. The lowest BCUT2D eigenvalue weighted by molar-refractivity contribution is 0.0651. The van der Waals surface area contributed by atoms with Gasteiger partial charge in [0.2, 0.25) is 0 Å². The maximum atomic E-state index is 11.3. The number of benzene rings is 2. The highest BCUT2D eigenvalue weighted by atomic mass is 35.5. The standard InChI is InChI=1S/C15H10ClNO4/c16-11-6-1-2-7-12(11)17-8-9-4-3-5-10(14(18)19)13(9)15(20)21/h1-8H,(H,18,19)(H,20,21). The van der Waals surface area contributed by atoms with E-state index < -0.39 is 11.9 Å². The van der Waals surface area contributed by atoms with Crippen molar-refractivity contribution < 1.29 is 19.8 Å². The van der Waals surface area contributed by atoms with Gasteiger partial charge in [-0.1, -0.05) is 35.9 Å². The van der Waals surface area contributed by atoms with Crippen LogP contribution in [0.25, 0.3) is 0 Å². The van der Waals surface area contributed by atoms with Crippen LogP contribution in [-0.2, 0) is 0 Å². The van der Waals surface area contributed by atoms with Crippen LogP contribution in [0.15, 0.2) is 47.5 Å². The molecule has 106 valence electrons. The Labute approximate surface area is 125 Å². The Morgan fingerprint density at radius 2 is 1.71 bits per heavy atom. The number of carboxylic acids is 2. The van der Waals surface area contributed by atoms with Gasteiger partial charge in [-0.3, -0.25) is 4.99 Å². The molecule has 21 heavy (non-hydrogen) atoms. The van der Waals surface area contributed by atoms with Crippen LogP contribution >= 0.6 is 11.6 Å². The van der Waals surface area contributed by atoms with E-state index in [1.54, 1.807) is 24.3 Å². The average Bonchev–Trinajstić information content (AvgIpc) is 2.45. The van der Waals surface area contributed by atoms with Gasteiger partial charge in [0.1, 0.15) is 0 Å². The van der Waals surface area contributed by atoms with Gasteiger partial charge in [0.15, 0.2) is 0 Å². The third kappa shape index (κ3) is 3.27. The van der Waals surface area contributed by atoms with Crippen molar-refractivity contribution in [3.8, 4) is 0 Å². The summed E-state index contributed by atoms with van der Waals surface area (Å²) >= 11 is 5.95. The Bertz CT molecular complexity index is 740. The van der Waals surface area contributed by atoms with E-state index in [1.165, 1.54) is 24.4 Å². The molecule has 0 aliphatic heterocycles. The van der Waals surface area contributed by atoms with Crippen LogP contribution in [0, 0.1) is 0 Å². The fourth-order valence-corrected chi connectivity index (χ4v) is 1.97. The van der Waals surface area contributed by atoms with Crippen LogP contribution in [0.2, 0.25) is 5.02 Å². The highest BCUT2D eigenvalue weighted by Gasteiger charge is 2.18. The molecule has 2 aromatic carbocycles. The summed E-state index contributed by atoms with van der Waals surface area (Å²) in [6, 6.07) is 11.0. The Morgan fingerprint density at radius 1 is 1.00 bits per heavy atom. The van der Waals surface area contributed by atoms with Crippen molar-refractivity contribution >= 4 is 35.4 Å². The normalized spacial score (nSPS) is 10.7. The molecule has 0 spiro atoms. The number of hydrogen-bond acceptors (Lipinski definition) is 3. The highest BCUT2D eigenvalue weighted by molar-refractivity contribution is 6.33. The zero-order valence-corrected chi connectivity index (χ0v) is 11.4. The molecule has 2 aromatic rings. The van der Waals surface area contributed by atoms with E-state index in [1.807, 2.05) is 0 Å². The molecule has 5 nitrogen and oxygen atoms in total.